The van der Waals surface area contributed by atoms with Crippen molar-refractivity contribution in [2.24, 2.45) is 0 Å². The van der Waals surface area contributed by atoms with E-state index in [0.29, 0.717) is 5.92 Å². The number of amides is 1. The van der Waals surface area contributed by atoms with Gasteiger partial charge in [-0.3, -0.25) is 4.79 Å². The van der Waals surface area contributed by atoms with Gasteiger partial charge < -0.3 is 20.9 Å². The standard InChI is InChI=1S/C14H22N4O3/c1-21-8-10(7-19)17-14(20)11-6-16-13(18-12(11)15)9-4-2-3-5-9/h6,9-10,19H,2-5,7-8H2,1H3,(H,17,20)(H2,15,16,18)/t10-/m0/s1. The van der Waals surface area contributed by atoms with E-state index in [-0.39, 0.29) is 24.6 Å². The molecule has 0 unspecified atom stereocenters. The van der Waals surface area contributed by atoms with Crippen LogP contribution in [0.1, 0.15) is 47.8 Å². The number of hydrogen-bond donors (Lipinski definition) is 3. The maximum Gasteiger partial charge on any atom is 0.256 e. The lowest BCUT2D eigenvalue weighted by molar-refractivity contribution is 0.0840. The lowest BCUT2D eigenvalue weighted by Crippen LogP contribution is -2.41. The molecule has 7 nitrogen and oxygen atoms in total. The number of nitrogens with two attached hydrogens (primary N) is 1. The summed E-state index contributed by atoms with van der Waals surface area (Å²) >= 11 is 0. The van der Waals surface area contributed by atoms with Gasteiger partial charge in [-0.05, 0) is 12.8 Å². The molecular formula is C14H22N4O3. The SMILES string of the molecule is COC[C@H](CO)NC(=O)c1cnc(C2CCCC2)nc1N. The van der Waals surface area contributed by atoms with Crippen molar-refractivity contribution in [1.29, 1.82) is 0 Å². The Hall–Kier alpha value is -1.73. The third kappa shape index (κ3) is 3.89. The second-order valence-corrected chi connectivity index (χ2v) is 5.32. The number of aliphatic hydroxyl groups is 1. The number of rotatable bonds is 6. The number of hydrogen-bond acceptors (Lipinski definition) is 6. The molecule has 1 amide bonds. The molecule has 0 aromatic carbocycles. The molecule has 1 heterocycles. The van der Waals surface area contributed by atoms with Crippen LogP contribution in [0.3, 0.4) is 0 Å². The maximum atomic E-state index is 12.1. The molecule has 1 aliphatic rings. The number of nitrogens with zero attached hydrogens (tertiary/aromatic N) is 2. The largest absolute Gasteiger partial charge is 0.394 e. The van der Waals surface area contributed by atoms with Crippen LogP contribution in [0.4, 0.5) is 5.82 Å². The number of nitrogens with one attached hydrogen (secondary N) is 1. The van der Waals surface area contributed by atoms with Crippen LogP contribution in [-0.4, -0.2) is 47.3 Å². The average Bonchev–Trinajstić information content (AvgIpc) is 3.00. The molecular weight excluding hydrogens is 272 g/mol. The van der Waals surface area contributed by atoms with E-state index in [2.05, 4.69) is 15.3 Å². The molecule has 4 N–H and O–H groups in total. The first kappa shape index (κ1) is 15.7. The molecule has 7 heteroatoms. The van der Waals surface area contributed by atoms with Crippen molar-refractivity contribution < 1.29 is 14.6 Å². The van der Waals surface area contributed by atoms with E-state index in [1.54, 1.807) is 0 Å². The summed E-state index contributed by atoms with van der Waals surface area (Å²) in [7, 11) is 1.50. The Morgan fingerprint density at radius 3 is 2.86 bits per heavy atom. The number of methoxy groups -OCH3 is 1. The molecule has 1 fully saturated rings. The van der Waals surface area contributed by atoms with Crippen LogP contribution in [-0.2, 0) is 4.74 Å². The van der Waals surface area contributed by atoms with Crippen LogP contribution in [0.25, 0.3) is 0 Å². The molecule has 0 radical (unpaired) electrons. The van der Waals surface area contributed by atoms with Gasteiger partial charge in [-0.15, -0.1) is 0 Å². The quantitative estimate of drug-likeness (QED) is 0.702. The van der Waals surface area contributed by atoms with E-state index in [0.717, 1.165) is 18.7 Å². The summed E-state index contributed by atoms with van der Waals surface area (Å²) in [5, 5.41) is 11.8. The number of carbonyl (C=O) groups excluding carboxylic acids is 1. The summed E-state index contributed by atoms with van der Waals surface area (Å²) < 4.78 is 4.91. The summed E-state index contributed by atoms with van der Waals surface area (Å²) in [5.74, 6) is 0.848. The van der Waals surface area contributed by atoms with E-state index < -0.39 is 11.9 Å². The Balaban J connectivity index is 2.07. The van der Waals surface area contributed by atoms with Crippen LogP contribution in [0.5, 0.6) is 0 Å². The first-order valence-corrected chi connectivity index (χ1v) is 7.18. The third-order valence-corrected chi connectivity index (χ3v) is 3.73. The van der Waals surface area contributed by atoms with Gasteiger partial charge in [0.05, 0.1) is 24.8 Å². The number of nitrogen functional groups attached to an aromatic ring is 1. The highest BCUT2D eigenvalue weighted by Crippen LogP contribution is 2.32. The van der Waals surface area contributed by atoms with E-state index in [9.17, 15) is 4.79 Å². The highest BCUT2D eigenvalue weighted by Gasteiger charge is 2.22. The van der Waals surface area contributed by atoms with Crippen LogP contribution in [0.15, 0.2) is 6.20 Å². The molecule has 116 valence electrons. The van der Waals surface area contributed by atoms with Gasteiger partial charge in [-0.25, -0.2) is 9.97 Å². The normalized spacial score (nSPS) is 16.9. The first-order chi connectivity index (χ1) is 10.2. The maximum absolute atomic E-state index is 12.1. The third-order valence-electron chi connectivity index (χ3n) is 3.73. The smallest absolute Gasteiger partial charge is 0.256 e. The minimum Gasteiger partial charge on any atom is -0.394 e. The van der Waals surface area contributed by atoms with E-state index in [1.165, 1.54) is 26.1 Å². The molecule has 1 aliphatic carbocycles. The second kappa shape index (κ2) is 7.33. The fourth-order valence-electron chi connectivity index (χ4n) is 2.57. The topological polar surface area (TPSA) is 110 Å². The van der Waals surface area contributed by atoms with E-state index in [1.807, 2.05) is 0 Å². The van der Waals surface area contributed by atoms with Crippen molar-refractivity contribution in [1.82, 2.24) is 15.3 Å². The van der Waals surface area contributed by atoms with Crippen molar-refractivity contribution in [2.75, 3.05) is 26.1 Å². The second-order valence-electron chi connectivity index (χ2n) is 5.32. The van der Waals surface area contributed by atoms with Crippen LogP contribution >= 0.6 is 0 Å². The minimum atomic E-state index is -0.476. The number of ether oxygens (including phenoxy) is 1. The predicted octanol–water partition coefficient (Wildman–Crippen LogP) is 0.453. The number of anilines is 1. The van der Waals surface area contributed by atoms with Gasteiger partial charge in [0.1, 0.15) is 11.6 Å². The zero-order valence-electron chi connectivity index (χ0n) is 12.2. The van der Waals surface area contributed by atoms with Gasteiger partial charge in [-0.2, -0.15) is 0 Å². The fraction of sp³-hybridized carbons (Fsp3) is 0.643. The number of aromatic nitrogens is 2. The molecule has 21 heavy (non-hydrogen) atoms. The molecule has 1 aromatic heterocycles. The summed E-state index contributed by atoms with van der Waals surface area (Å²) in [6.07, 6.45) is 5.99. The predicted molar refractivity (Wildman–Crippen MR) is 77.9 cm³/mol. The molecule has 1 atom stereocenters. The number of carbonyl (C=O) groups is 1. The molecule has 1 aromatic rings. The summed E-state index contributed by atoms with van der Waals surface area (Å²) in [5.41, 5.74) is 6.10. The molecule has 0 bridgehead atoms. The molecule has 1 saturated carbocycles. The lowest BCUT2D eigenvalue weighted by atomic mass is 10.1. The highest BCUT2D eigenvalue weighted by molar-refractivity contribution is 5.98. The average molecular weight is 294 g/mol. The van der Waals surface area contributed by atoms with Crippen molar-refractivity contribution in [2.45, 2.75) is 37.6 Å². The van der Waals surface area contributed by atoms with Crippen molar-refractivity contribution >= 4 is 11.7 Å². The first-order valence-electron chi connectivity index (χ1n) is 7.18. The molecule has 0 aliphatic heterocycles. The van der Waals surface area contributed by atoms with Crippen LogP contribution < -0.4 is 11.1 Å². The van der Waals surface area contributed by atoms with Gasteiger partial charge >= 0.3 is 0 Å². The zero-order chi connectivity index (χ0) is 15.2. The van der Waals surface area contributed by atoms with Crippen LogP contribution in [0.2, 0.25) is 0 Å². The van der Waals surface area contributed by atoms with Crippen LogP contribution in [0, 0.1) is 0 Å². The Labute approximate surface area is 123 Å². The fourth-order valence-corrected chi connectivity index (χ4v) is 2.57. The van der Waals surface area contributed by atoms with Gasteiger partial charge in [0.2, 0.25) is 0 Å². The molecule has 0 saturated heterocycles. The van der Waals surface area contributed by atoms with Gasteiger partial charge in [0.25, 0.3) is 5.91 Å². The van der Waals surface area contributed by atoms with Crippen molar-refractivity contribution in [3.63, 3.8) is 0 Å². The summed E-state index contributed by atoms with van der Waals surface area (Å²) in [6, 6.07) is -0.476. The Morgan fingerprint density at radius 2 is 2.29 bits per heavy atom. The van der Waals surface area contributed by atoms with Gasteiger partial charge in [0, 0.05) is 19.2 Å². The Morgan fingerprint density at radius 1 is 1.57 bits per heavy atom. The Kier molecular flexibility index (Phi) is 5.46. The lowest BCUT2D eigenvalue weighted by Gasteiger charge is -2.16. The molecule has 0 spiro atoms. The van der Waals surface area contributed by atoms with Crippen molar-refractivity contribution in [3.05, 3.63) is 17.6 Å². The minimum absolute atomic E-state index is 0.179. The summed E-state index contributed by atoms with van der Waals surface area (Å²) in [6.45, 7) is 0.0175. The van der Waals surface area contributed by atoms with Gasteiger partial charge in [0.15, 0.2) is 0 Å². The van der Waals surface area contributed by atoms with E-state index in [4.69, 9.17) is 15.6 Å². The van der Waals surface area contributed by atoms with Gasteiger partial charge in [-0.1, -0.05) is 12.8 Å². The number of aliphatic hydroxyl groups excluding tert-OH is 1. The monoisotopic (exact) mass is 294 g/mol. The molecule has 2 rings (SSSR count). The Bertz CT molecular complexity index is 489. The van der Waals surface area contributed by atoms with E-state index >= 15 is 0 Å². The highest BCUT2D eigenvalue weighted by atomic mass is 16.5. The van der Waals surface area contributed by atoms with Crippen molar-refractivity contribution in [3.8, 4) is 0 Å². The zero-order valence-corrected chi connectivity index (χ0v) is 12.2. The summed E-state index contributed by atoms with van der Waals surface area (Å²) in [4.78, 5) is 20.6.